The van der Waals surface area contributed by atoms with E-state index in [-0.39, 0.29) is 0 Å². The number of phenols is 1. The minimum absolute atomic E-state index is 0.362. The lowest BCUT2D eigenvalue weighted by atomic mass is 9.89. The summed E-state index contributed by atoms with van der Waals surface area (Å²) in [6.07, 6.45) is 4.99. The summed E-state index contributed by atoms with van der Waals surface area (Å²) in [4.78, 5) is 0. The van der Waals surface area contributed by atoms with Gasteiger partial charge in [-0.3, -0.25) is 0 Å². The first kappa shape index (κ1) is 13.4. The highest BCUT2D eigenvalue weighted by molar-refractivity contribution is 5.26. The first-order valence-corrected chi connectivity index (χ1v) is 7.22. The van der Waals surface area contributed by atoms with Crippen molar-refractivity contribution >= 4 is 0 Å². The molecule has 2 N–H and O–H groups in total. The third-order valence-corrected chi connectivity index (χ3v) is 4.32. The van der Waals surface area contributed by atoms with Gasteiger partial charge in [0.25, 0.3) is 0 Å². The zero-order chi connectivity index (χ0) is 13.0. The maximum atomic E-state index is 9.30. The van der Waals surface area contributed by atoms with Gasteiger partial charge >= 0.3 is 0 Å². The predicted octanol–water partition coefficient (Wildman–Crippen LogP) is 3.35. The number of hydrogen-bond donors (Lipinski definition) is 2. The van der Waals surface area contributed by atoms with Crippen LogP contribution < -0.4 is 5.32 Å². The Morgan fingerprint density at radius 3 is 2.61 bits per heavy atom. The number of nitrogens with one attached hydrogen (secondary N) is 1. The lowest BCUT2D eigenvalue weighted by Gasteiger charge is -2.21. The molecule has 1 aromatic carbocycles. The van der Waals surface area contributed by atoms with E-state index in [1.807, 2.05) is 0 Å². The molecule has 3 atom stereocenters. The maximum Gasteiger partial charge on any atom is 0.115 e. The van der Waals surface area contributed by atoms with Gasteiger partial charge in [-0.2, -0.15) is 0 Å². The van der Waals surface area contributed by atoms with Gasteiger partial charge in [0, 0.05) is 6.04 Å². The summed E-state index contributed by atoms with van der Waals surface area (Å²) in [5, 5.41) is 13.0. The molecular formula is C16H25NO. The van der Waals surface area contributed by atoms with Gasteiger partial charge in [0.1, 0.15) is 5.75 Å². The van der Waals surface area contributed by atoms with Crippen LogP contribution in [0.25, 0.3) is 0 Å². The second-order valence-electron chi connectivity index (χ2n) is 5.63. The first-order valence-electron chi connectivity index (χ1n) is 7.22. The van der Waals surface area contributed by atoms with E-state index in [1.54, 1.807) is 12.1 Å². The molecule has 1 aliphatic carbocycles. The quantitative estimate of drug-likeness (QED) is 0.836. The molecule has 0 spiro atoms. The second kappa shape index (κ2) is 6.24. The molecule has 2 heteroatoms. The summed E-state index contributed by atoms with van der Waals surface area (Å²) in [5.41, 5.74) is 1.35. The summed E-state index contributed by atoms with van der Waals surface area (Å²) in [7, 11) is 0. The molecule has 0 aliphatic heterocycles. The fourth-order valence-corrected chi connectivity index (χ4v) is 3.09. The van der Waals surface area contributed by atoms with Crippen molar-refractivity contribution in [1.82, 2.24) is 5.32 Å². The van der Waals surface area contributed by atoms with Gasteiger partial charge in [0.15, 0.2) is 0 Å². The fourth-order valence-electron chi connectivity index (χ4n) is 3.09. The molecule has 0 radical (unpaired) electrons. The van der Waals surface area contributed by atoms with Gasteiger partial charge in [0.2, 0.25) is 0 Å². The highest BCUT2D eigenvalue weighted by Crippen LogP contribution is 2.34. The largest absolute Gasteiger partial charge is 0.508 e. The number of aromatic hydroxyl groups is 1. The maximum absolute atomic E-state index is 9.30. The SMILES string of the molecule is CCCNC1CCC(Cc2ccc(O)cc2)C1C. The van der Waals surface area contributed by atoms with Crippen LogP contribution in [-0.2, 0) is 6.42 Å². The highest BCUT2D eigenvalue weighted by Gasteiger charge is 2.31. The zero-order valence-electron chi connectivity index (χ0n) is 11.5. The number of benzene rings is 1. The van der Waals surface area contributed by atoms with Gasteiger partial charge in [-0.1, -0.05) is 26.0 Å². The molecule has 0 heterocycles. The molecule has 2 rings (SSSR count). The Labute approximate surface area is 110 Å². The standard InChI is InChI=1S/C16H25NO/c1-3-10-17-16-9-6-14(12(16)2)11-13-4-7-15(18)8-5-13/h4-5,7-8,12,14,16-18H,3,6,9-11H2,1-2H3. The third kappa shape index (κ3) is 3.26. The summed E-state index contributed by atoms with van der Waals surface area (Å²) in [5.74, 6) is 1.90. The van der Waals surface area contributed by atoms with E-state index in [2.05, 4.69) is 31.3 Å². The molecular weight excluding hydrogens is 222 g/mol. The van der Waals surface area contributed by atoms with Crippen LogP contribution in [-0.4, -0.2) is 17.7 Å². The Hall–Kier alpha value is -1.02. The van der Waals surface area contributed by atoms with E-state index in [1.165, 1.54) is 24.8 Å². The molecule has 1 fully saturated rings. The molecule has 1 aliphatic rings. The van der Waals surface area contributed by atoms with Crippen LogP contribution >= 0.6 is 0 Å². The Bertz CT molecular complexity index is 360. The van der Waals surface area contributed by atoms with E-state index in [0.29, 0.717) is 11.8 Å². The van der Waals surface area contributed by atoms with Crippen LogP contribution in [0.2, 0.25) is 0 Å². The summed E-state index contributed by atoms with van der Waals surface area (Å²) < 4.78 is 0. The number of rotatable bonds is 5. The molecule has 3 unspecified atom stereocenters. The summed E-state index contributed by atoms with van der Waals surface area (Å²) in [6, 6.07) is 8.39. The average molecular weight is 247 g/mol. The third-order valence-electron chi connectivity index (χ3n) is 4.32. The Kier molecular flexibility index (Phi) is 4.65. The molecule has 18 heavy (non-hydrogen) atoms. The van der Waals surface area contributed by atoms with Crippen LogP contribution in [0.3, 0.4) is 0 Å². The molecule has 1 aromatic rings. The van der Waals surface area contributed by atoms with Crippen molar-refractivity contribution in [1.29, 1.82) is 0 Å². The zero-order valence-corrected chi connectivity index (χ0v) is 11.5. The summed E-state index contributed by atoms with van der Waals surface area (Å²) >= 11 is 0. The molecule has 0 saturated heterocycles. The predicted molar refractivity (Wildman–Crippen MR) is 75.8 cm³/mol. The molecule has 0 aromatic heterocycles. The molecule has 1 saturated carbocycles. The van der Waals surface area contributed by atoms with E-state index in [0.717, 1.165) is 24.8 Å². The first-order chi connectivity index (χ1) is 8.70. The van der Waals surface area contributed by atoms with Crippen molar-refractivity contribution < 1.29 is 5.11 Å². The molecule has 0 amide bonds. The minimum atomic E-state index is 0.362. The Balaban J connectivity index is 1.89. The van der Waals surface area contributed by atoms with Gasteiger partial charge in [-0.25, -0.2) is 0 Å². The van der Waals surface area contributed by atoms with E-state index < -0.39 is 0 Å². The Morgan fingerprint density at radius 1 is 1.22 bits per heavy atom. The van der Waals surface area contributed by atoms with Crippen molar-refractivity contribution in [3.8, 4) is 5.75 Å². The van der Waals surface area contributed by atoms with Gasteiger partial charge in [-0.15, -0.1) is 0 Å². The van der Waals surface area contributed by atoms with Crippen LogP contribution in [0, 0.1) is 11.8 Å². The van der Waals surface area contributed by atoms with Crippen molar-refractivity contribution in [2.75, 3.05) is 6.54 Å². The van der Waals surface area contributed by atoms with Gasteiger partial charge in [-0.05, 0) is 61.8 Å². The topological polar surface area (TPSA) is 32.3 Å². The fraction of sp³-hybridized carbons (Fsp3) is 0.625. The number of phenolic OH excluding ortho intramolecular Hbond substituents is 1. The van der Waals surface area contributed by atoms with Crippen molar-refractivity contribution in [2.24, 2.45) is 11.8 Å². The van der Waals surface area contributed by atoms with Crippen LogP contribution in [0.1, 0.15) is 38.7 Å². The lowest BCUT2D eigenvalue weighted by molar-refractivity contribution is 0.351. The molecule has 100 valence electrons. The minimum Gasteiger partial charge on any atom is -0.508 e. The van der Waals surface area contributed by atoms with E-state index >= 15 is 0 Å². The van der Waals surface area contributed by atoms with E-state index in [9.17, 15) is 5.11 Å². The van der Waals surface area contributed by atoms with Crippen molar-refractivity contribution in [2.45, 2.75) is 45.6 Å². The van der Waals surface area contributed by atoms with Crippen LogP contribution in [0.4, 0.5) is 0 Å². The Morgan fingerprint density at radius 2 is 1.94 bits per heavy atom. The summed E-state index contributed by atoms with van der Waals surface area (Å²) in [6.45, 7) is 5.74. The smallest absolute Gasteiger partial charge is 0.115 e. The number of hydrogen-bond acceptors (Lipinski definition) is 2. The van der Waals surface area contributed by atoms with Crippen molar-refractivity contribution in [3.63, 3.8) is 0 Å². The van der Waals surface area contributed by atoms with Gasteiger partial charge < -0.3 is 10.4 Å². The second-order valence-corrected chi connectivity index (χ2v) is 5.63. The molecule has 2 nitrogen and oxygen atoms in total. The normalized spacial score (nSPS) is 27.6. The lowest BCUT2D eigenvalue weighted by Crippen LogP contribution is -2.33. The van der Waals surface area contributed by atoms with Gasteiger partial charge in [0.05, 0.1) is 0 Å². The van der Waals surface area contributed by atoms with Crippen LogP contribution in [0.5, 0.6) is 5.75 Å². The molecule has 0 bridgehead atoms. The monoisotopic (exact) mass is 247 g/mol. The average Bonchev–Trinajstić information content (AvgIpc) is 2.71. The van der Waals surface area contributed by atoms with Crippen LogP contribution in [0.15, 0.2) is 24.3 Å². The van der Waals surface area contributed by atoms with E-state index in [4.69, 9.17) is 0 Å². The van der Waals surface area contributed by atoms with Crippen molar-refractivity contribution in [3.05, 3.63) is 29.8 Å². The highest BCUT2D eigenvalue weighted by atomic mass is 16.3.